The highest BCUT2D eigenvalue weighted by molar-refractivity contribution is 5.85. The third-order valence-corrected chi connectivity index (χ3v) is 3.50. The van der Waals surface area contributed by atoms with Gasteiger partial charge in [-0.3, -0.25) is 14.5 Å². The van der Waals surface area contributed by atoms with E-state index >= 15 is 0 Å². The maximum absolute atomic E-state index is 12.1. The number of nitrogens with one attached hydrogen (secondary N) is 1. The minimum absolute atomic E-state index is 0.0373. The molecular weight excluding hydrogens is 272 g/mol. The first-order valence-corrected chi connectivity index (χ1v) is 7.54. The summed E-state index contributed by atoms with van der Waals surface area (Å²) in [7, 11) is 1.65. The van der Waals surface area contributed by atoms with Crippen molar-refractivity contribution < 1.29 is 14.3 Å². The van der Waals surface area contributed by atoms with E-state index in [0.717, 1.165) is 6.42 Å². The molecule has 0 bridgehead atoms. The lowest BCUT2D eigenvalue weighted by Crippen LogP contribution is -2.52. The molecule has 0 aromatic carbocycles. The predicted octanol–water partition coefficient (Wildman–Crippen LogP) is -0.981. The molecule has 21 heavy (non-hydrogen) atoms. The number of hydrogen-bond acceptors (Lipinski definition) is 5. The maximum atomic E-state index is 12.1. The van der Waals surface area contributed by atoms with E-state index in [4.69, 9.17) is 10.5 Å². The van der Waals surface area contributed by atoms with Gasteiger partial charge in [-0.2, -0.15) is 0 Å². The lowest BCUT2D eigenvalue weighted by atomic mass is 10.1. The topological polar surface area (TPSA) is 87.9 Å². The molecule has 1 aliphatic rings. The molecule has 1 saturated heterocycles. The van der Waals surface area contributed by atoms with Gasteiger partial charge in [0.2, 0.25) is 11.8 Å². The van der Waals surface area contributed by atoms with Gasteiger partial charge in [0.25, 0.3) is 0 Å². The van der Waals surface area contributed by atoms with Crippen molar-refractivity contribution in [2.45, 2.75) is 32.4 Å². The number of carbonyl (C=O) groups excluding carboxylic acids is 2. The van der Waals surface area contributed by atoms with E-state index in [0.29, 0.717) is 32.8 Å². The maximum Gasteiger partial charge on any atom is 0.239 e. The molecular formula is C14H28N4O3. The quantitative estimate of drug-likeness (QED) is 0.631. The van der Waals surface area contributed by atoms with Gasteiger partial charge in [-0.1, -0.05) is 6.92 Å². The Balaban J connectivity index is 2.36. The molecule has 7 nitrogen and oxygen atoms in total. The Morgan fingerprint density at radius 2 is 2.24 bits per heavy atom. The summed E-state index contributed by atoms with van der Waals surface area (Å²) in [4.78, 5) is 27.2. The summed E-state index contributed by atoms with van der Waals surface area (Å²) in [6.07, 6.45) is 0.847. The Morgan fingerprint density at radius 1 is 1.52 bits per heavy atom. The molecule has 2 amide bonds. The predicted molar refractivity (Wildman–Crippen MR) is 80.8 cm³/mol. The van der Waals surface area contributed by atoms with Crippen LogP contribution in [0.1, 0.15) is 20.3 Å². The lowest BCUT2D eigenvalue weighted by Gasteiger charge is -2.34. The molecule has 0 spiro atoms. The van der Waals surface area contributed by atoms with Gasteiger partial charge in [-0.05, 0) is 13.3 Å². The average Bonchev–Trinajstić information content (AvgIpc) is 2.45. The lowest BCUT2D eigenvalue weighted by molar-refractivity contribution is -0.137. The van der Waals surface area contributed by atoms with Gasteiger partial charge in [0.05, 0.1) is 25.8 Å². The standard InChI is InChI=1S/C14H28N4O3/c1-4-5-16-13(19)9-17(3)14(20)10-18-6-7-21-12(8-18)11(2)15/h11-12H,4-10,15H2,1-3H3,(H,16,19). The third kappa shape index (κ3) is 6.41. The van der Waals surface area contributed by atoms with Crippen LogP contribution in [0.15, 0.2) is 0 Å². The van der Waals surface area contributed by atoms with E-state index in [2.05, 4.69) is 5.32 Å². The molecule has 1 fully saturated rings. The smallest absolute Gasteiger partial charge is 0.239 e. The molecule has 122 valence electrons. The van der Waals surface area contributed by atoms with Gasteiger partial charge >= 0.3 is 0 Å². The van der Waals surface area contributed by atoms with E-state index in [-0.39, 0.29) is 30.5 Å². The Labute approximate surface area is 126 Å². The molecule has 0 aromatic heterocycles. The first-order chi connectivity index (χ1) is 9.93. The van der Waals surface area contributed by atoms with Crippen molar-refractivity contribution in [2.24, 2.45) is 5.73 Å². The number of rotatable bonds is 7. The van der Waals surface area contributed by atoms with E-state index < -0.39 is 0 Å². The molecule has 2 atom stereocenters. The van der Waals surface area contributed by atoms with Crippen molar-refractivity contribution in [2.75, 3.05) is 46.4 Å². The Morgan fingerprint density at radius 3 is 2.86 bits per heavy atom. The summed E-state index contributed by atoms with van der Waals surface area (Å²) in [5.41, 5.74) is 5.83. The fourth-order valence-electron chi connectivity index (χ4n) is 2.13. The van der Waals surface area contributed by atoms with Crippen LogP contribution in [0.2, 0.25) is 0 Å². The number of morpholine rings is 1. The molecule has 7 heteroatoms. The monoisotopic (exact) mass is 300 g/mol. The molecule has 0 radical (unpaired) electrons. The number of amides is 2. The largest absolute Gasteiger partial charge is 0.374 e. The van der Waals surface area contributed by atoms with Gasteiger partial charge in [0.15, 0.2) is 0 Å². The summed E-state index contributed by atoms with van der Waals surface area (Å²) in [5.74, 6) is -0.185. The molecule has 1 heterocycles. The first kappa shape index (κ1) is 17.9. The van der Waals surface area contributed by atoms with Gasteiger partial charge in [0, 0.05) is 32.7 Å². The van der Waals surface area contributed by atoms with Crippen molar-refractivity contribution in [3.05, 3.63) is 0 Å². The Bertz CT molecular complexity index is 349. The van der Waals surface area contributed by atoms with E-state index in [1.165, 1.54) is 4.90 Å². The van der Waals surface area contributed by atoms with Crippen molar-refractivity contribution in [3.63, 3.8) is 0 Å². The van der Waals surface area contributed by atoms with Crippen molar-refractivity contribution >= 4 is 11.8 Å². The van der Waals surface area contributed by atoms with Crippen LogP contribution < -0.4 is 11.1 Å². The molecule has 0 saturated carbocycles. The van der Waals surface area contributed by atoms with E-state index in [1.807, 2.05) is 18.7 Å². The van der Waals surface area contributed by atoms with Crippen LogP contribution in [0, 0.1) is 0 Å². The number of likely N-dealkylation sites (N-methyl/N-ethyl adjacent to an activating group) is 1. The summed E-state index contributed by atoms with van der Waals surface area (Å²) >= 11 is 0. The third-order valence-electron chi connectivity index (χ3n) is 3.50. The van der Waals surface area contributed by atoms with Crippen LogP contribution in [0.3, 0.4) is 0 Å². The van der Waals surface area contributed by atoms with Gasteiger partial charge < -0.3 is 20.7 Å². The molecule has 3 N–H and O–H groups in total. The van der Waals surface area contributed by atoms with Gasteiger partial charge in [-0.15, -0.1) is 0 Å². The van der Waals surface area contributed by atoms with Crippen LogP contribution in [0.4, 0.5) is 0 Å². The van der Waals surface area contributed by atoms with Crippen LogP contribution in [-0.2, 0) is 14.3 Å². The molecule has 1 rings (SSSR count). The van der Waals surface area contributed by atoms with Crippen molar-refractivity contribution in [1.82, 2.24) is 15.1 Å². The van der Waals surface area contributed by atoms with Crippen LogP contribution in [0.25, 0.3) is 0 Å². The second-order valence-electron chi connectivity index (χ2n) is 5.60. The van der Waals surface area contributed by atoms with E-state index in [1.54, 1.807) is 7.05 Å². The summed E-state index contributed by atoms with van der Waals surface area (Å²) < 4.78 is 5.56. The highest BCUT2D eigenvalue weighted by Crippen LogP contribution is 2.07. The normalized spacial score (nSPS) is 20.9. The number of nitrogens with zero attached hydrogens (tertiary/aromatic N) is 2. The van der Waals surface area contributed by atoms with Gasteiger partial charge in [0.1, 0.15) is 0 Å². The number of carbonyl (C=O) groups is 2. The molecule has 1 aliphatic heterocycles. The van der Waals surface area contributed by atoms with Crippen LogP contribution in [0.5, 0.6) is 0 Å². The Hall–Kier alpha value is -1.18. The summed E-state index contributed by atoms with van der Waals surface area (Å²) in [6, 6.07) is -0.0551. The number of hydrogen-bond donors (Lipinski definition) is 2. The minimum Gasteiger partial charge on any atom is -0.374 e. The van der Waals surface area contributed by atoms with E-state index in [9.17, 15) is 9.59 Å². The van der Waals surface area contributed by atoms with Crippen molar-refractivity contribution in [3.8, 4) is 0 Å². The fraction of sp³-hybridized carbons (Fsp3) is 0.857. The first-order valence-electron chi connectivity index (χ1n) is 7.54. The zero-order valence-corrected chi connectivity index (χ0v) is 13.3. The van der Waals surface area contributed by atoms with Crippen LogP contribution in [-0.4, -0.2) is 80.1 Å². The minimum atomic E-state index is -0.122. The van der Waals surface area contributed by atoms with Crippen molar-refractivity contribution in [1.29, 1.82) is 0 Å². The number of nitrogens with two attached hydrogens (primary N) is 1. The molecule has 0 aromatic rings. The zero-order chi connectivity index (χ0) is 15.8. The second-order valence-corrected chi connectivity index (χ2v) is 5.60. The SMILES string of the molecule is CCCNC(=O)CN(C)C(=O)CN1CCOC(C(C)N)C1. The highest BCUT2D eigenvalue weighted by atomic mass is 16.5. The number of ether oxygens (including phenoxy) is 1. The van der Waals surface area contributed by atoms with Gasteiger partial charge in [-0.25, -0.2) is 0 Å². The fourth-order valence-corrected chi connectivity index (χ4v) is 2.13. The zero-order valence-electron chi connectivity index (χ0n) is 13.3. The molecule has 0 aliphatic carbocycles. The second kappa shape index (κ2) is 8.96. The van der Waals surface area contributed by atoms with Crippen LogP contribution >= 0.6 is 0 Å². The molecule has 2 unspecified atom stereocenters. The Kier molecular flexibility index (Phi) is 7.63. The average molecular weight is 300 g/mol. The highest BCUT2D eigenvalue weighted by Gasteiger charge is 2.25. The summed E-state index contributed by atoms with van der Waals surface area (Å²) in [6.45, 7) is 6.87. The summed E-state index contributed by atoms with van der Waals surface area (Å²) in [5, 5.41) is 2.76.